The van der Waals surface area contributed by atoms with Crippen LogP contribution in [0.4, 0.5) is 0 Å². The van der Waals surface area contributed by atoms with Crippen LogP contribution in [0, 0.1) is 0 Å². The number of methoxy groups -OCH3 is 4. The highest BCUT2D eigenvalue weighted by Gasteiger charge is 2.13. The van der Waals surface area contributed by atoms with Crippen molar-refractivity contribution in [2.24, 2.45) is 0 Å². The molecule has 0 spiro atoms. The van der Waals surface area contributed by atoms with Gasteiger partial charge >= 0.3 is 5.97 Å². The molecule has 0 atom stereocenters. The van der Waals surface area contributed by atoms with Gasteiger partial charge in [-0.05, 0) is 80.3 Å². The van der Waals surface area contributed by atoms with Crippen LogP contribution in [-0.2, 0) is 4.79 Å². The van der Waals surface area contributed by atoms with Crippen LogP contribution >= 0.6 is 0 Å². The molecule has 238 valence electrons. The quantitative estimate of drug-likeness (QED) is 0.0466. The Bertz CT molecular complexity index is 1240. The van der Waals surface area contributed by atoms with Gasteiger partial charge in [-0.25, -0.2) is 0 Å². The lowest BCUT2D eigenvalue weighted by atomic mass is 10.1. The Morgan fingerprint density at radius 1 is 0.591 bits per heavy atom. The van der Waals surface area contributed by atoms with Gasteiger partial charge in [0.1, 0.15) is 0 Å². The third-order valence-electron chi connectivity index (χ3n) is 6.78. The van der Waals surface area contributed by atoms with E-state index in [2.05, 4.69) is 55.5 Å². The summed E-state index contributed by atoms with van der Waals surface area (Å²) in [5.41, 5.74) is 1.72. The van der Waals surface area contributed by atoms with E-state index in [0.717, 1.165) is 43.2 Å². The Hall–Kier alpha value is -4.19. The summed E-state index contributed by atoms with van der Waals surface area (Å²) in [6, 6.07) is 9.20. The van der Waals surface area contributed by atoms with Crippen LogP contribution in [0.15, 0.2) is 78.9 Å². The second-order valence-electron chi connectivity index (χ2n) is 10.2. The minimum atomic E-state index is -0.287. The minimum absolute atomic E-state index is 0.287. The number of carbonyl (C=O) groups is 1. The maximum atomic E-state index is 12.6. The van der Waals surface area contributed by atoms with Crippen molar-refractivity contribution < 1.29 is 28.5 Å². The molecule has 2 aromatic rings. The molecule has 0 heterocycles. The first kappa shape index (κ1) is 36.0. The molecule has 0 aliphatic carbocycles. The van der Waals surface area contributed by atoms with Gasteiger partial charge in [-0.15, -0.1) is 0 Å². The van der Waals surface area contributed by atoms with E-state index >= 15 is 0 Å². The molecular weight excluding hydrogens is 552 g/mol. The Kier molecular flexibility index (Phi) is 18.3. The molecular formula is C38H50O6. The van der Waals surface area contributed by atoms with E-state index in [1.807, 2.05) is 30.4 Å². The first-order valence-electron chi connectivity index (χ1n) is 15.5. The molecule has 0 fully saturated rings. The van der Waals surface area contributed by atoms with Crippen LogP contribution in [-0.4, -0.2) is 34.4 Å². The number of rotatable bonds is 21. The van der Waals surface area contributed by atoms with Gasteiger partial charge in [-0.2, -0.15) is 0 Å². The number of esters is 1. The van der Waals surface area contributed by atoms with Crippen LogP contribution in [0.25, 0.3) is 12.2 Å². The first-order valence-corrected chi connectivity index (χ1v) is 15.5. The third-order valence-corrected chi connectivity index (χ3v) is 6.78. The third kappa shape index (κ3) is 13.9. The summed E-state index contributed by atoms with van der Waals surface area (Å²) in [5, 5.41) is 0. The van der Waals surface area contributed by atoms with E-state index in [-0.39, 0.29) is 5.97 Å². The number of benzene rings is 2. The number of allylic oxidation sites excluding steroid dienone is 8. The Balaban J connectivity index is 1.77. The highest BCUT2D eigenvalue weighted by atomic mass is 16.6. The summed E-state index contributed by atoms with van der Waals surface area (Å²) < 4.78 is 27.3. The molecule has 6 heteroatoms. The van der Waals surface area contributed by atoms with Crippen molar-refractivity contribution in [3.05, 3.63) is 90.1 Å². The van der Waals surface area contributed by atoms with Crippen LogP contribution in [0.5, 0.6) is 28.7 Å². The van der Waals surface area contributed by atoms with Gasteiger partial charge in [0.05, 0.1) is 28.4 Å². The van der Waals surface area contributed by atoms with Gasteiger partial charge in [0.2, 0.25) is 5.75 Å². The standard InChI is InChI=1S/C38H50O6/c1-6-7-8-9-10-11-12-13-14-15-16-17-18-19-20-21-22-23-37(39)44-34-28-31(26-27-33(34)40-2)24-25-32-29-35(41-3)38(43-5)36(30-32)42-4/h10-11,13-14,16-17,19-20,24-30H,6-9,12,15,18,21-23H2,1-5H3/b11-10-,14-13-,17-16-,20-19-,25-24-. The summed E-state index contributed by atoms with van der Waals surface area (Å²) in [5.74, 6) is 2.29. The molecule has 0 aliphatic heterocycles. The Morgan fingerprint density at radius 3 is 1.66 bits per heavy atom. The summed E-state index contributed by atoms with van der Waals surface area (Å²) in [7, 11) is 6.29. The van der Waals surface area contributed by atoms with E-state index in [1.165, 1.54) is 25.7 Å². The van der Waals surface area contributed by atoms with Crippen molar-refractivity contribution in [1.29, 1.82) is 0 Å². The number of hydrogen-bond donors (Lipinski definition) is 0. The molecule has 0 bridgehead atoms. The van der Waals surface area contributed by atoms with E-state index < -0.39 is 0 Å². The number of hydrogen-bond acceptors (Lipinski definition) is 6. The summed E-state index contributed by atoms with van der Waals surface area (Å²) in [6.45, 7) is 2.23. The number of carbonyl (C=O) groups excluding carboxylic acids is 1. The highest BCUT2D eigenvalue weighted by Crippen LogP contribution is 2.38. The van der Waals surface area contributed by atoms with Crippen LogP contribution < -0.4 is 23.7 Å². The van der Waals surface area contributed by atoms with E-state index in [1.54, 1.807) is 40.6 Å². The predicted molar refractivity (Wildman–Crippen MR) is 182 cm³/mol. The Morgan fingerprint density at radius 2 is 1.11 bits per heavy atom. The van der Waals surface area contributed by atoms with Crippen molar-refractivity contribution in [3.8, 4) is 28.7 Å². The Labute approximate surface area is 264 Å². The average Bonchev–Trinajstić information content (AvgIpc) is 3.04. The molecule has 44 heavy (non-hydrogen) atoms. The summed E-state index contributed by atoms with van der Waals surface area (Å²) in [6.07, 6.45) is 31.2. The van der Waals surface area contributed by atoms with Crippen LogP contribution in [0.2, 0.25) is 0 Å². The first-order chi connectivity index (χ1) is 21.6. The van der Waals surface area contributed by atoms with Crippen molar-refractivity contribution in [3.63, 3.8) is 0 Å². The monoisotopic (exact) mass is 602 g/mol. The molecule has 0 saturated carbocycles. The zero-order chi connectivity index (χ0) is 31.8. The second-order valence-corrected chi connectivity index (χ2v) is 10.2. The summed E-state index contributed by atoms with van der Waals surface area (Å²) >= 11 is 0. The van der Waals surface area contributed by atoms with Crippen molar-refractivity contribution in [1.82, 2.24) is 0 Å². The topological polar surface area (TPSA) is 63.2 Å². The zero-order valence-electron chi connectivity index (χ0n) is 27.2. The molecule has 0 radical (unpaired) electrons. The van der Waals surface area contributed by atoms with Crippen molar-refractivity contribution >= 4 is 18.1 Å². The fraction of sp³-hybridized carbons (Fsp3) is 0.395. The molecule has 2 rings (SSSR count). The molecule has 0 N–H and O–H groups in total. The van der Waals surface area contributed by atoms with E-state index in [0.29, 0.717) is 35.2 Å². The second kappa shape index (κ2) is 22.4. The van der Waals surface area contributed by atoms with E-state index in [4.69, 9.17) is 23.7 Å². The van der Waals surface area contributed by atoms with Gasteiger partial charge in [0.25, 0.3) is 0 Å². The molecule has 0 unspecified atom stereocenters. The number of unbranched alkanes of at least 4 members (excludes halogenated alkanes) is 4. The van der Waals surface area contributed by atoms with Gasteiger partial charge in [0.15, 0.2) is 23.0 Å². The van der Waals surface area contributed by atoms with Gasteiger partial charge in [-0.1, -0.05) is 86.6 Å². The molecule has 0 aliphatic rings. The lowest BCUT2D eigenvalue weighted by Crippen LogP contribution is -2.08. The van der Waals surface area contributed by atoms with Gasteiger partial charge in [0, 0.05) is 6.42 Å². The predicted octanol–water partition coefficient (Wildman–Crippen LogP) is 9.94. The molecule has 2 aromatic carbocycles. The van der Waals surface area contributed by atoms with Crippen LogP contribution in [0.3, 0.4) is 0 Å². The molecule has 0 saturated heterocycles. The lowest BCUT2D eigenvalue weighted by Gasteiger charge is -2.13. The molecule has 0 aromatic heterocycles. The van der Waals surface area contributed by atoms with Crippen molar-refractivity contribution in [2.75, 3.05) is 28.4 Å². The van der Waals surface area contributed by atoms with E-state index in [9.17, 15) is 4.79 Å². The van der Waals surface area contributed by atoms with Gasteiger partial charge in [-0.3, -0.25) is 4.79 Å². The molecule has 6 nitrogen and oxygen atoms in total. The number of ether oxygens (including phenoxy) is 5. The largest absolute Gasteiger partial charge is 0.493 e. The lowest BCUT2D eigenvalue weighted by molar-refractivity contribution is -0.134. The fourth-order valence-corrected chi connectivity index (χ4v) is 4.37. The smallest absolute Gasteiger partial charge is 0.311 e. The average molecular weight is 603 g/mol. The maximum Gasteiger partial charge on any atom is 0.311 e. The fourth-order valence-electron chi connectivity index (χ4n) is 4.37. The summed E-state index contributed by atoms with van der Waals surface area (Å²) in [4.78, 5) is 12.6. The van der Waals surface area contributed by atoms with Crippen molar-refractivity contribution in [2.45, 2.75) is 71.1 Å². The zero-order valence-corrected chi connectivity index (χ0v) is 27.2. The SMILES string of the molecule is CCCCC/C=C\C/C=C\C/C=C\C/C=C\CCCC(=O)Oc1cc(/C=C\c2cc(OC)c(OC)c(OC)c2)ccc1OC. The van der Waals surface area contributed by atoms with Gasteiger partial charge < -0.3 is 23.7 Å². The minimum Gasteiger partial charge on any atom is -0.493 e. The van der Waals surface area contributed by atoms with Crippen LogP contribution in [0.1, 0.15) is 82.3 Å². The normalized spacial score (nSPS) is 11.8. The highest BCUT2D eigenvalue weighted by molar-refractivity contribution is 5.76. The maximum absolute atomic E-state index is 12.6. The molecule has 0 amide bonds.